The number of halogens is 2. The van der Waals surface area contributed by atoms with Gasteiger partial charge in [0.2, 0.25) is 0 Å². The summed E-state index contributed by atoms with van der Waals surface area (Å²) < 4.78 is 1.46. The van der Waals surface area contributed by atoms with Crippen LogP contribution in [-0.4, -0.2) is 9.21 Å². The highest BCUT2D eigenvalue weighted by Gasteiger charge is 2.49. The zero-order valence-electron chi connectivity index (χ0n) is 9.96. The van der Waals surface area contributed by atoms with Gasteiger partial charge in [0.25, 0.3) is 0 Å². The highest BCUT2D eigenvalue weighted by Crippen LogP contribution is 2.42. The number of hydrogen-bond acceptors (Lipinski definition) is 3. The van der Waals surface area contributed by atoms with Crippen LogP contribution in [0.1, 0.15) is 11.1 Å². The predicted octanol–water partition coefficient (Wildman–Crippen LogP) is 3.71. The molecule has 0 spiro atoms. The number of hydrogen-bond donors (Lipinski definition) is 1. The van der Waals surface area contributed by atoms with Crippen LogP contribution in [0.5, 0.6) is 0 Å². The minimum atomic E-state index is -0.466. The number of alkyl halides is 1. The van der Waals surface area contributed by atoms with E-state index in [9.17, 15) is 0 Å². The zero-order chi connectivity index (χ0) is 13.3. The Morgan fingerprint density at radius 2 is 1.42 bits per heavy atom. The van der Waals surface area contributed by atoms with Crippen molar-refractivity contribution in [1.82, 2.24) is 9.62 Å². The quantitative estimate of drug-likeness (QED) is 0.631. The van der Waals surface area contributed by atoms with Crippen LogP contribution in [0.15, 0.2) is 60.7 Å². The minimum absolute atomic E-state index is 0.218. The lowest BCUT2D eigenvalue weighted by Gasteiger charge is -2.31. The normalized spacial score (nSPS) is 22.5. The van der Waals surface area contributed by atoms with Gasteiger partial charge in [-0.15, -0.1) is 0 Å². The molecular weight excluding hydrogens is 372 g/mol. The lowest BCUT2D eigenvalue weighted by Crippen LogP contribution is -2.45. The number of hydrazine groups is 1. The summed E-state index contributed by atoms with van der Waals surface area (Å²) in [5.74, 6) is 0. The van der Waals surface area contributed by atoms with Crippen molar-refractivity contribution in [3.8, 4) is 0 Å². The molecule has 1 aliphatic heterocycles. The Morgan fingerprint density at radius 3 is 1.79 bits per heavy atom. The van der Waals surface area contributed by atoms with Crippen molar-refractivity contribution in [2.45, 2.75) is 10.6 Å². The predicted molar refractivity (Wildman–Crippen MR) is 81.4 cm³/mol. The lowest BCUT2D eigenvalue weighted by molar-refractivity contribution is -0.0460. The molecule has 1 saturated heterocycles. The van der Waals surface area contributed by atoms with Gasteiger partial charge in [-0.1, -0.05) is 80.8 Å². The van der Waals surface area contributed by atoms with E-state index in [2.05, 4.69) is 61.8 Å². The second-order valence-electron chi connectivity index (χ2n) is 4.32. The summed E-state index contributed by atoms with van der Waals surface area (Å²) in [5.41, 5.74) is 5.12. The third-order valence-electron chi connectivity index (χ3n) is 3.25. The van der Waals surface area contributed by atoms with Gasteiger partial charge in [-0.2, -0.15) is 0 Å². The maximum atomic E-state index is 5.64. The Balaban J connectivity index is 2.17. The first kappa shape index (κ1) is 13.3. The van der Waals surface area contributed by atoms with Gasteiger partial charge in [0.05, 0.1) is 16.1 Å². The molecule has 0 saturated carbocycles. The van der Waals surface area contributed by atoms with Gasteiger partial charge in [0, 0.05) is 0 Å². The monoisotopic (exact) mass is 382 g/mol. The first-order valence-corrected chi connectivity index (χ1v) is 7.51. The molecule has 0 bridgehead atoms. The van der Waals surface area contributed by atoms with Crippen molar-refractivity contribution in [1.29, 1.82) is 0 Å². The van der Waals surface area contributed by atoms with Crippen molar-refractivity contribution < 1.29 is 4.84 Å². The van der Waals surface area contributed by atoms with E-state index in [1.165, 1.54) is 4.20 Å². The molecule has 0 aromatic heterocycles. The highest BCUT2D eigenvalue weighted by atomic mass is 79.9. The largest absolute Gasteiger partial charge is 0.256 e. The van der Waals surface area contributed by atoms with Gasteiger partial charge in [-0.05, 0) is 11.1 Å². The molecule has 98 valence electrons. The fourth-order valence-corrected chi connectivity index (χ4v) is 3.81. The zero-order valence-corrected chi connectivity index (χ0v) is 13.1. The van der Waals surface area contributed by atoms with Crippen LogP contribution in [0, 0.1) is 0 Å². The molecule has 2 aromatic rings. The SMILES string of the molecule is BrC1ON(Br)NC1(c1ccccc1)c1ccccc1. The molecule has 3 rings (SSSR count). The Morgan fingerprint density at radius 1 is 0.947 bits per heavy atom. The summed E-state index contributed by atoms with van der Waals surface area (Å²) in [7, 11) is 0. The first-order valence-electron chi connectivity index (χ1n) is 5.89. The summed E-state index contributed by atoms with van der Waals surface area (Å²) in [6, 6.07) is 20.5. The standard InChI is InChI=1S/C14H12Br2N2O/c15-13-14(17-18(16)19-13,11-7-3-1-4-8-11)12-9-5-2-6-10-12/h1-10,13,17H. The lowest BCUT2D eigenvalue weighted by atomic mass is 9.84. The van der Waals surface area contributed by atoms with E-state index in [1.54, 1.807) is 0 Å². The van der Waals surface area contributed by atoms with E-state index in [1.807, 2.05) is 36.4 Å². The van der Waals surface area contributed by atoms with Crippen LogP contribution in [0.4, 0.5) is 0 Å². The molecule has 1 aliphatic rings. The fraction of sp³-hybridized carbons (Fsp3) is 0.143. The Labute approximate surface area is 129 Å². The second kappa shape index (κ2) is 5.34. The Kier molecular flexibility index (Phi) is 3.73. The second-order valence-corrected chi connectivity index (χ2v) is 5.79. The molecule has 0 radical (unpaired) electrons. The molecule has 1 heterocycles. The van der Waals surface area contributed by atoms with Crippen molar-refractivity contribution in [3.05, 3.63) is 71.8 Å². The van der Waals surface area contributed by atoms with E-state index < -0.39 is 5.54 Å². The van der Waals surface area contributed by atoms with Gasteiger partial charge < -0.3 is 0 Å². The van der Waals surface area contributed by atoms with E-state index >= 15 is 0 Å². The summed E-state index contributed by atoms with van der Waals surface area (Å²) in [5, 5.41) is -0.218. The van der Waals surface area contributed by atoms with E-state index in [-0.39, 0.29) is 5.01 Å². The molecule has 1 atom stereocenters. The van der Waals surface area contributed by atoms with Crippen LogP contribution in [-0.2, 0) is 10.4 Å². The summed E-state index contributed by atoms with van der Waals surface area (Å²) >= 11 is 6.94. The van der Waals surface area contributed by atoms with Crippen LogP contribution in [0.2, 0.25) is 0 Å². The van der Waals surface area contributed by atoms with Crippen LogP contribution < -0.4 is 5.43 Å². The van der Waals surface area contributed by atoms with Gasteiger partial charge in [-0.3, -0.25) is 4.84 Å². The van der Waals surface area contributed by atoms with E-state index in [4.69, 9.17) is 4.84 Å². The van der Waals surface area contributed by atoms with Gasteiger partial charge >= 0.3 is 0 Å². The van der Waals surface area contributed by atoms with Crippen LogP contribution in [0.3, 0.4) is 0 Å². The number of nitrogens with zero attached hydrogens (tertiary/aromatic N) is 1. The number of nitrogens with one attached hydrogen (secondary N) is 1. The number of benzene rings is 2. The van der Waals surface area contributed by atoms with Crippen molar-refractivity contribution in [3.63, 3.8) is 0 Å². The van der Waals surface area contributed by atoms with Crippen molar-refractivity contribution in [2.24, 2.45) is 0 Å². The van der Waals surface area contributed by atoms with Gasteiger partial charge in [-0.25, -0.2) is 5.43 Å². The van der Waals surface area contributed by atoms with Gasteiger partial charge in [0.15, 0.2) is 5.01 Å². The van der Waals surface area contributed by atoms with E-state index in [0.29, 0.717) is 0 Å². The molecule has 2 aromatic carbocycles. The maximum Gasteiger partial charge on any atom is 0.164 e. The minimum Gasteiger partial charge on any atom is -0.256 e. The van der Waals surface area contributed by atoms with Gasteiger partial charge in [0.1, 0.15) is 5.54 Å². The fourth-order valence-electron chi connectivity index (χ4n) is 2.34. The molecule has 3 nitrogen and oxygen atoms in total. The molecule has 1 N–H and O–H groups in total. The molecular formula is C14H12Br2N2O. The van der Waals surface area contributed by atoms with Crippen molar-refractivity contribution in [2.75, 3.05) is 0 Å². The molecule has 5 heteroatoms. The summed E-state index contributed by atoms with van der Waals surface area (Å²) in [6.07, 6.45) is 0. The summed E-state index contributed by atoms with van der Waals surface area (Å²) in [6.45, 7) is 0. The first-order chi connectivity index (χ1) is 9.23. The van der Waals surface area contributed by atoms with E-state index in [0.717, 1.165) is 11.1 Å². The average Bonchev–Trinajstić information content (AvgIpc) is 2.76. The van der Waals surface area contributed by atoms with Crippen LogP contribution >= 0.6 is 32.1 Å². The average molecular weight is 384 g/mol. The van der Waals surface area contributed by atoms with Crippen LogP contribution in [0.25, 0.3) is 0 Å². The Hall–Kier alpha value is -0.720. The number of rotatable bonds is 2. The molecule has 1 fully saturated rings. The van der Waals surface area contributed by atoms with Crippen molar-refractivity contribution >= 4 is 32.1 Å². The molecule has 0 aliphatic carbocycles. The summed E-state index contributed by atoms with van der Waals surface area (Å²) in [4.78, 5) is 5.64. The third kappa shape index (κ3) is 2.26. The highest BCUT2D eigenvalue weighted by molar-refractivity contribution is 9.09. The smallest absolute Gasteiger partial charge is 0.164 e. The Bertz CT molecular complexity index is 510. The molecule has 0 amide bonds. The third-order valence-corrected chi connectivity index (χ3v) is 4.45. The topological polar surface area (TPSA) is 24.5 Å². The molecule has 1 unspecified atom stereocenters. The maximum absolute atomic E-state index is 5.64. The molecule has 19 heavy (non-hydrogen) atoms.